The van der Waals surface area contributed by atoms with Crippen LogP contribution in [0, 0.1) is 0 Å². The van der Waals surface area contributed by atoms with Gasteiger partial charge in [-0.05, 0) is 30.2 Å². The molecule has 0 radical (unpaired) electrons. The van der Waals surface area contributed by atoms with Crippen molar-refractivity contribution in [3.63, 3.8) is 0 Å². The van der Waals surface area contributed by atoms with Crippen LogP contribution in [-0.2, 0) is 6.42 Å². The van der Waals surface area contributed by atoms with Gasteiger partial charge in [0.25, 0.3) is 0 Å². The number of nitrogens with zero attached hydrogens (tertiary/aromatic N) is 1. The van der Waals surface area contributed by atoms with Crippen molar-refractivity contribution in [2.75, 3.05) is 27.7 Å². The van der Waals surface area contributed by atoms with Gasteiger partial charge in [-0.1, -0.05) is 31.2 Å². The van der Waals surface area contributed by atoms with E-state index in [-0.39, 0.29) is 11.8 Å². The van der Waals surface area contributed by atoms with Gasteiger partial charge in [-0.15, -0.1) is 0 Å². The zero-order valence-corrected chi connectivity index (χ0v) is 14.9. The minimum Gasteiger partial charge on any atom is -0.507 e. The quantitative estimate of drug-likeness (QED) is 0.766. The van der Waals surface area contributed by atoms with E-state index in [0.29, 0.717) is 17.9 Å². The van der Waals surface area contributed by atoms with Crippen LogP contribution in [-0.4, -0.2) is 39.1 Å². The molecule has 0 saturated heterocycles. The second-order valence-corrected chi connectivity index (χ2v) is 6.14. The lowest BCUT2D eigenvalue weighted by Gasteiger charge is -2.20. The first-order valence-electron chi connectivity index (χ1n) is 8.30. The average molecular weight is 327 g/mol. The predicted molar refractivity (Wildman–Crippen MR) is 98.5 cm³/mol. The molecular weight excluding hydrogens is 300 g/mol. The third-order valence-electron chi connectivity index (χ3n) is 4.24. The van der Waals surface area contributed by atoms with E-state index >= 15 is 0 Å². The summed E-state index contributed by atoms with van der Waals surface area (Å²) >= 11 is 0. The highest BCUT2D eigenvalue weighted by molar-refractivity contribution is 5.84. The Morgan fingerprint density at radius 3 is 2.46 bits per heavy atom. The largest absolute Gasteiger partial charge is 0.507 e. The number of quaternary nitrogens is 1. The molecule has 0 spiro atoms. The molecule has 0 bridgehead atoms. The molecule has 128 valence electrons. The Morgan fingerprint density at radius 2 is 1.88 bits per heavy atom. The summed E-state index contributed by atoms with van der Waals surface area (Å²) in [6.07, 6.45) is 2.77. The Balaban J connectivity index is 2.13. The maximum atomic E-state index is 9.93. The Kier molecular flexibility index (Phi) is 6.38. The number of hydrogen-bond donors (Lipinski definition) is 2. The Bertz CT molecular complexity index is 679. The number of ether oxygens (including phenoxy) is 1. The van der Waals surface area contributed by atoms with Gasteiger partial charge >= 0.3 is 0 Å². The zero-order chi connectivity index (χ0) is 17.5. The molecule has 0 aliphatic heterocycles. The number of nitrogens with one attached hydrogen (secondary N) is 1. The average Bonchev–Trinajstić information content (AvgIpc) is 2.60. The third-order valence-corrected chi connectivity index (χ3v) is 4.24. The molecule has 2 rings (SSSR count). The van der Waals surface area contributed by atoms with E-state index < -0.39 is 0 Å². The predicted octanol–water partition coefficient (Wildman–Crippen LogP) is 2.27. The van der Waals surface area contributed by atoms with Gasteiger partial charge in [0.2, 0.25) is 0 Å². The molecule has 0 amide bonds. The summed E-state index contributed by atoms with van der Waals surface area (Å²) < 4.78 is 5.19. The minimum atomic E-state index is 0.209. The summed E-state index contributed by atoms with van der Waals surface area (Å²) in [5, 5.41) is 9.93. The third kappa shape index (κ3) is 4.59. The first-order valence-corrected chi connectivity index (χ1v) is 8.30. The van der Waals surface area contributed by atoms with Crippen molar-refractivity contribution < 1.29 is 14.7 Å². The van der Waals surface area contributed by atoms with Crippen LogP contribution >= 0.6 is 0 Å². The zero-order valence-electron chi connectivity index (χ0n) is 14.9. The van der Waals surface area contributed by atoms with Gasteiger partial charge in [-0.3, -0.25) is 4.99 Å². The number of aliphatic imine (C=N–C) groups is 1. The topological polar surface area (TPSA) is 46.3 Å². The lowest BCUT2D eigenvalue weighted by Crippen LogP contribution is -3.06. The van der Waals surface area contributed by atoms with Crippen LogP contribution in [0.2, 0.25) is 0 Å². The number of likely N-dealkylation sites (N-methyl/N-ethyl adjacent to an activating group) is 1. The first-order chi connectivity index (χ1) is 11.5. The van der Waals surface area contributed by atoms with Gasteiger partial charge in [0.1, 0.15) is 17.5 Å². The number of phenolic OH excluding ortho intramolecular Hbond substituents is 1. The van der Waals surface area contributed by atoms with Gasteiger partial charge in [-0.25, -0.2) is 0 Å². The molecule has 0 aliphatic rings. The van der Waals surface area contributed by atoms with Crippen molar-refractivity contribution in [3.8, 4) is 11.5 Å². The minimum absolute atomic E-state index is 0.209. The Hall–Kier alpha value is -2.33. The maximum absolute atomic E-state index is 9.93. The van der Waals surface area contributed by atoms with Crippen LogP contribution in [0.5, 0.6) is 11.5 Å². The molecular formula is C20H27N2O2+. The summed E-state index contributed by atoms with van der Waals surface area (Å²) in [4.78, 5) is 5.88. The van der Waals surface area contributed by atoms with Gasteiger partial charge in [0, 0.05) is 17.3 Å². The van der Waals surface area contributed by atoms with Gasteiger partial charge in [0.05, 0.1) is 27.7 Å². The number of phenols is 1. The van der Waals surface area contributed by atoms with Gasteiger partial charge in [-0.2, -0.15) is 0 Å². The highest BCUT2D eigenvalue weighted by Gasteiger charge is 2.16. The second-order valence-electron chi connectivity index (χ2n) is 6.14. The Morgan fingerprint density at radius 1 is 1.17 bits per heavy atom. The fourth-order valence-electron chi connectivity index (χ4n) is 2.63. The molecule has 2 N–H and O–H groups in total. The van der Waals surface area contributed by atoms with Crippen molar-refractivity contribution in [2.24, 2.45) is 4.99 Å². The number of aromatic hydroxyl groups is 1. The van der Waals surface area contributed by atoms with Crippen molar-refractivity contribution in [2.45, 2.75) is 19.4 Å². The van der Waals surface area contributed by atoms with Crippen LogP contribution in [0.15, 0.2) is 47.5 Å². The molecule has 0 aliphatic carbocycles. The van der Waals surface area contributed by atoms with E-state index in [1.807, 2.05) is 0 Å². The summed E-state index contributed by atoms with van der Waals surface area (Å²) in [5.74, 6) is 0.916. The fraction of sp³-hybridized carbons (Fsp3) is 0.350. The van der Waals surface area contributed by atoms with Crippen LogP contribution in [0.25, 0.3) is 0 Å². The first kappa shape index (κ1) is 18.0. The molecule has 2 aromatic rings. The Labute approximate surface area is 144 Å². The number of hydrogen-bond acceptors (Lipinski definition) is 3. The normalized spacial score (nSPS) is 12.7. The van der Waals surface area contributed by atoms with Crippen molar-refractivity contribution >= 4 is 6.21 Å². The molecule has 0 aromatic heterocycles. The van der Waals surface area contributed by atoms with Crippen molar-refractivity contribution in [1.82, 2.24) is 0 Å². The van der Waals surface area contributed by atoms with Gasteiger partial charge < -0.3 is 14.7 Å². The van der Waals surface area contributed by atoms with E-state index in [1.165, 1.54) is 16.0 Å². The van der Waals surface area contributed by atoms with E-state index in [4.69, 9.17) is 4.74 Å². The molecule has 0 fully saturated rings. The van der Waals surface area contributed by atoms with Crippen LogP contribution in [0.3, 0.4) is 0 Å². The molecule has 1 atom stereocenters. The van der Waals surface area contributed by atoms with E-state index in [2.05, 4.69) is 50.3 Å². The molecule has 2 aromatic carbocycles. The molecule has 4 heteroatoms. The summed E-state index contributed by atoms with van der Waals surface area (Å²) in [7, 11) is 5.88. The highest BCUT2D eigenvalue weighted by atomic mass is 16.5. The SMILES string of the molecule is CCc1ccc([C@H](CN=Cc2cc(OC)ccc2O)[NH+](C)C)cc1. The number of rotatable bonds is 7. The van der Waals surface area contributed by atoms with Crippen molar-refractivity contribution in [3.05, 3.63) is 59.2 Å². The lowest BCUT2D eigenvalue weighted by atomic mass is 10.0. The molecule has 0 heterocycles. The van der Waals surface area contributed by atoms with Crippen LogP contribution < -0.4 is 9.64 Å². The number of methoxy groups -OCH3 is 1. The van der Waals surface area contributed by atoms with Crippen LogP contribution in [0.1, 0.15) is 29.7 Å². The smallest absolute Gasteiger partial charge is 0.132 e. The highest BCUT2D eigenvalue weighted by Crippen LogP contribution is 2.21. The van der Waals surface area contributed by atoms with Crippen LogP contribution in [0.4, 0.5) is 0 Å². The molecule has 4 nitrogen and oxygen atoms in total. The molecule has 0 unspecified atom stereocenters. The fourth-order valence-corrected chi connectivity index (χ4v) is 2.63. The van der Waals surface area contributed by atoms with Crippen molar-refractivity contribution in [1.29, 1.82) is 0 Å². The van der Waals surface area contributed by atoms with E-state index in [0.717, 1.165) is 6.42 Å². The monoisotopic (exact) mass is 327 g/mol. The van der Waals surface area contributed by atoms with E-state index in [9.17, 15) is 5.11 Å². The summed E-state index contributed by atoms with van der Waals surface area (Å²) in [6, 6.07) is 14.2. The lowest BCUT2D eigenvalue weighted by molar-refractivity contribution is -0.890. The number of aryl methyl sites for hydroxylation is 1. The summed E-state index contributed by atoms with van der Waals surface area (Å²) in [6.45, 7) is 2.82. The second kappa shape index (κ2) is 8.50. The molecule has 24 heavy (non-hydrogen) atoms. The van der Waals surface area contributed by atoms with Gasteiger partial charge in [0.15, 0.2) is 0 Å². The summed E-state index contributed by atoms with van der Waals surface area (Å²) in [5.41, 5.74) is 3.29. The van der Waals surface area contributed by atoms with E-state index in [1.54, 1.807) is 31.5 Å². The molecule has 0 saturated carbocycles. The standard InChI is InChI=1S/C20H26N2O2/c1-5-15-6-8-16(9-7-15)19(22(2)3)14-21-13-17-12-18(24-4)10-11-20(17)23/h6-13,19,23H,5,14H2,1-4H3/p+1/t19-/m0/s1. The number of benzene rings is 2. The maximum Gasteiger partial charge on any atom is 0.132 e.